The van der Waals surface area contributed by atoms with Crippen molar-refractivity contribution in [3.63, 3.8) is 0 Å². The largest absolute Gasteiger partial charge is 2.00 e. The van der Waals surface area contributed by atoms with Gasteiger partial charge in [0.2, 0.25) is 0 Å². The molecule has 20 heavy (non-hydrogen) atoms. The maximum atomic E-state index is 11.2. The molecule has 0 heterocycles. The van der Waals surface area contributed by atoms with E-state index in [9.17, 15) is 19.8 Å². The Balaban J connectivity index is -0.000000150. The molecule has 0 aliphatic rings. The second-order valence-corrected chi connectivity index (χ2v) is 2.76. The molecule has 1 aromatic rings. The molecule has 1 radical (unpaired) electrons. The molecule has 0 bridgehead atoms. The Bertz CT molecular complexity index is 424. The summed E-state index contributed by atoms with van der Waals surface area (Å²) in [4.78, 5) is 23.9. The third kappa shape index (κ3) is 10.1. The average molecular weight is 339 g/mol. The normalized spacial score (nSPS) is 7.80. The number of carbonyl (C=O) groups is 2. The van der Waals surface area contributed by atoms with Gasteiger partial charge in [0.15, 0.2) is 0 Å². The Morgan fingerprint density at radius 1 is 1.25 bits per heavy atom. The summed E-state index contributed by atoms with van der Waals surface area (Å²) in [7, 11) is 0. The van der Waals surface area contributed by atoms with Gasteiger partial charge in [-0.1, -0.05) is 12.1 Å². The van der Waals surface area contributed by atoms with Crippen molar-refractivity contribution in [3.8, 4) is 5.75 Å². The van der Waals surface area contributed by atoms with Gasteiger partial charge in [0.05, 0.1) is 12.5 Å². The molecular formula is C10H18CoNO8+3. The Morgan fingerprint density at radius 2 is 1.80 bits per heavy atom. The molecule has 0 atom stereocenters. The molecule has 10 heteroatoms. The Labute approximate surface area is 124 Å². The number of aliphatic imine (C=N–C) groups is 1. The third-order valence-corrected chi connectivity index (χ3v) is 1.62. The summed E-state index contributed by atoms with van der Waals surface area (Å²) in [6.45, 7) is -0.509. The quantitative estimate of drug-likeness (QED) is 0.298. The zero-order chi connectivity index (χ0) is 11.3. The fourth-order valence-electron chi connectivity index (χ4n) is 0.960. The van der Waals surface area contributed by atoms with Crippen molar-refractivity contribution in [3.05, 3.63) is 29.3 Å². The van der Waals surface area contributed by atoms with Gasteiger partial charge in [-0.25, -0.2) is 0 Å². The summed E-state index contributed by atoms with van der Waals surface area (Å²) >= 11 is 0. The van der Waals surface area contributed by atoms with Crippen LogP contribution in [0.3, 0.4) is 0 Å². The van der Waals surface area contributed by atoms with E-state index in [4.69, 9.17) is 0 Å². The predicted molar refractivity (Wildman–Crippen MR) is 67.0 cm³/mol. The van der Waals surface area contributed by atoms with Gasteiger partial charge in [0.25, 0.3) is 0 Å². The van der Waals surface area contributed by atoms with Crippen LogP contribution >= 0.6 is 0 Å². The van der Waals surface area contributed by atoms with Crippen LogP contribution in [-0.4, -0.2) is 30.5 Å². The van der Waals surface area contributed by atoms with Crippen LogP contribution in [0, 0.1) is 0 Å². The molecule has 0 saturated heterocycles. The monoisotopic (exact) mass is 339 g/mol. The number of carboxylic acid groups (broad SMARTS) is 1. The summed E-state index contributed by atoms with van der Waals surface area (Å²) in [6.07, 6.45) is 1.71. The van der Waals surface area contributed by atoms with Crippen LogP contribution in [0.15, 0.2) is 23.2 Å². The van der Waals surface area contributed by atoms with Gasteiger partial charge >= 0.3 is 16.8 Å². The maximum Gasteiger partial charge on any atom is 2.00 e. The molecule has 0 aliphatic heterocycles. The number of carboxylic acids is 1. The van der Waals surface area contributed by atoms with E-state index in [0.29, 0.717) is 11.8 Å². The standard InChI is InChI=1S/C10H9NO4.Co.4H2O/c12-6-7-1-2-9(13)8(3-7)4-11-5-10(14)15;;;;;/h1-4,6,13H,5H2,(H,14,15);;4*1H2/q;+2;;;;/p+1. The van der Waals surface area contributed by atoms with Crippen molar-refractivity contribution in [2.45, 2.75) is 0 Å². The van der Waals surface area contributed by atoms with Crippen molar-refractivity contribution in [1.82, 2.24) is 0 Å². The van der Waals surface area contributed by atoms with Gasteiger partial charge in [-0.3, -0.25) is 9.79 Å². The molecule has 117 valence electrons. The van der Waals surface area contributed by atoms with E-state index in [1.54, 1.807) is 0 Å². The van der Waals surface area contributed by atoms with E-state index in [1.807, 2.05) is 0 Å². The van der Waals surface area contributed by atoms with Gasteiger partial charge < -0.3 is 36.9 Å². The minimum Gasteiger partial charge on any atom is -0.872 e. The fraction of sp³-hybridized carbons (Fsp3) is 0.100. The van der Waals surface area contributed by atoms with Gasteiger partial charge in [0.1, 0.15) is 6.29 Å². The summed E-state index contributed by atoms with van der Waals surface area (Å²) in [5.41, 5.74) is 0.519. The number of nitrogens with zero attached hydrogens (tertiary/aromatic N) is 1. The molecule has 0 aliphatic carbocycles. The molecule has 0 amide bonds. The van der Waals surface area contributed by atoms with E-state index in [0.717, 1.165) is 6.21 Å². The SMILES string of the molecule is O.O=Cc1ccc([O-])c(C=NCC(=O)[O-])c1.[Co+2].[OH3+].[OH3+].[OH3+]. The number of benzene rings is 1. The van der Waals surface area contributed by atoms with Crippen LogP contribution in [0.1, 0.15) is 15.9 Å². The van der Waals surface area contributed by atoms with Crippen molar-refractivity contribution in [1.29, 1.82) is 0 Å². The first-order chi connectivity index (χ1) is 7.13. The van der Waals surface area contributed by atoms with Crippen LogP contribution in [0.25, 0.3) is 0 Å². The number of aldehydes is 1. The van der Waals surface area contributed by atoms with E-state index < -0.39 is 12.5 Å². The summed E-state index contributed by atoms with van der Waals surface area (Å²) < 4.78 is 0. The van der Waals surface area contributed by atoms with Crippen molar-refractivity contribution in [2.75, 3.05) is 6.54 Å². The minimum absolute atomic E-state index is 0. The number of carbonyl (C=O) groups excluding carboxylic acids is 2. The molecule has 1 rings (SSSR count). The van der Waals surface area contributed by atoms with Gasteiger partial charge in [-0.15, -0.1) is 5.75 Å². The first-order valence-electron chi connectivity index (χ1n) is 4.09. The van der Waals surface area contributed by atoms with Crippen molar-refractivity contribution < 1.29 is 58.5 Å². The molecule has 0 spiro atoms. The maximum absolute atomic E-state index is 11.2. The Kier molecular flexibility index (Phi) is 23.5. The summed E-state index contributed by atoms with van der Waals surface area (Å²) in [5, 5.41) is 21.2. The van der Waals surface area contributed by atoms with Crippen LogP contribution in [0.4, 0.5) is 0 Å². The zero-order valence-corrected chi connectivity index (χ0v) is 11.3. The Hall–Kier alpha value is -1.82. The first-order valence-corrected chi connectivity index (χ1v) is 4.09. The number of hydrogen-bond acceptors (Lipinski definition) is 5. The Morgan fingerprint density at radius 3 is 2.25 bits per heavy atom. The third-order valence-electron chi connectivity index (χ3n) is 1.62. The molecule has 0 unspecified atom stereocenters. The van der Waals surface area contributed by atoms with Crippen LogP contribution in [0.5, 0.6) is 5.75 Å². The van der Waals surface area contributed by atoms with Crippen LogP contribution < -0.4 is 10.2 Å². The second kappa shape index (κ2) is 15.2. The molecule has 1 aromatic carbocycles. The van der Waals surface area contributed by atoms with Gasteiger partial charge in [0, 0.05) is 11.8 Å². The second-order valence-electron chi connectivity index (χ2n) is 2.76. The predicted octanol–water partition coefficient (Wildman–Crippen LogP) is -4.85. The number of hydrogen-bond donors (Lipinski definition) is 0. The molecule has 11 N–H and O–H groups in total. The van der Waals surface area contributed by atoms with Crippen molar-refractivity contribution in [2.24, 2.45) is 4.99 Å². The molecule has 0 saturated carbocycles. The number of rotatable bonds is 4. The zero-order valence-electron chi connectivity index (χ0n) is 10.2. The van der Waals surface area contributed by atoms with E-state index in [-0.39, 0.29) is 50.0 Å². The van der Waals surface area contributed by atoms with E-state index in [1.165, 1.54) is 18.2 Å². The van der Waals surface area contributed by atoms with Crippen LogP contribution in [-0.2, 0) is 38.0 Å². The van der Waals surface area contributed by atoms with Gasteiger partial charge in [-0.2, -0.15) is 0 Å². The minimum atomic E-state index is -1.33. The molecule has 9 nitrogen and oxygen atoms in total. The summed E-state index contributed by atoms with van der Waals surface area (Å²) in [5.74, 6) is -1.65. The van der Waals surface area contributed by atoms with E-state index in [2.05, 4.69) is 4.99 Å². The average Bonchev–Trinajstić information content (AvgIpc) is 2.20. The summed E-state index contributed by atoms with van der Waals surface area (Å²) in [6, 6.07) is 3.95. The molecule has 0 fully saturated rings. The van der Waals surface area contributed by atoms with E-state index >= 15 is 0 Å². The van der Waals surface area contributed by atoms with Crippen molar-refractivity contribution >= 4 is 18.5 Å². The molecule has 0 aromatic heterocycles. The first kappa shape index (κ1) is 30.9. The molecular weight excluding hydrogens is 321 g/mol. The van der Waals surface area contributed by atoms with Gasteiger partial charge in [-0.05, 0) is 11.6 Å². The fourth-order valence-corrected chi connectivity index (χ4v) is 0.960. The van der Waals surface area contributed by atoms with Crippen LogP contribution in [0.2, 0.25) is 0 Å². The topological polar surface area (TPSA) is 223 Å². The smallest absolute Gasteiger partial charge is 0.872 e. The number of aliphatic carboxylic acids is 1.